The quantitative estimate of drug-likeness (QED) is 0.815. The van der Waals surface area contributed by atoms with Gasteiger partial charge in [0.25, 0.3) is 0 Å². The minimum absolute atomic E-state index is 0.226. The van der Waals surface area contributed by atoms with Gasteiger partial charge in [-0.25, -0.2) is 8.78 Å². The lowest BCUT2D eigenvalue weighted by Crippen LogP contribution is -2.27. The van der Waals surface area contributed by atoms with Crippen LogP contribution in [0.1, 0.15) is 35.7 Å². The van der Waals surface area contributed by atoms with Crippen LogP contribution in [0.4, 0.5) is 8.78 Å². The largest absolute Gasteiger partial charge is 0.311 e. The van der Waals surface area contributed by atoms with Crippen LogP contribution in [0.25, 0.3) is 0 Å². The highest BCUT2D eigenvalue weighted by atomic mass is 19.1. The van der Waals surface area contributed by atoms with Crippen molar-refractivity contribution < 1.29 is 8.78 Å². The molecule has 2 rings (SSSR count). The van der Waals surface area contributed by atoms with Gasteiger partial charge in [-0.05, 0) is 50.4 Å². The van der Waals surface area contributed by atoms with Crippen LogP contribution in [0.5, 0.6) is 0 Å². The Balaban J connectivity index is 2.31. The zero-order chi connectivity index (χ0) is 11.7. The van der Waals surface area contributed by atoms with E-state index < -0.39 is 12.0 Å². The first-order valence-electron chi connectivity index (χ1n) is 5.73. The number of hydrogen-bond acceptors (Lipinski definition) is 1. The highest BCUT2D eigenvalue weighted by Gasteiger charge is 2.29. The maximum atomic E-state index is 14.2. The molecule has 1 nitrogen and oxygen atoms in total. The second-order valence-electron chi connectivity index (χ2n) is 4.58. The number of aryl methyl sites for hydroxylation is 2. The molecule has 0 amide bonds. The van der Waals surface area contributed by atoms with Crippen LogP contribution in [0.15, 0.2) is 12.1 Å². The molecule has 0 bridgehead atoms. The fourth-order valence-electron chi connectivity index (χ4n) is 2.44. The summed E-state index contributed by atoms with van der Waals surface area (Å²) in [5, 5.41) is 3.08. The maximum Gasteiger partial charge on any atom is 0.143 e. The molecule has 0 aliphatic carbocycles. The molecule has 16 heavy (non-hydrogen) atoms. The lowest BCUT2D eigenvalue weighted by atomic mass is 9.96. The van der Waals surface area contributed by atoms with Crippen LogP contribution in [0.3, 0.4) is 0 Å². The minimum Gasteiger partial charge on any atom is -0.311 e. The van der Waals surface area contributed by atoms with E-state index in [0.29, 0.717) is 5.56 Å². The summed E-state index contributed by atoms with van der Waals surface area (Å²) in [6.45, 7) is 4.42. The van der Waals surface area contributed by atoms with Crippen molar-refractivity contribution in [3.63, 3.8) is 0 Å². The number of hydrogen-bond donors (Lipinski definition) is 1. The fourth-order valence-corrected chi connectivity index (χ4v) is 2.44. The van der Waals surface area contributed by atoms with E-state index in [1.165, 1.54) is 6.07 Å². The summed E-state index contributed by atoms with van der Waals surface area (Å²) in [5.41, 5.74) is 1.77. The van der Waals surface area contributed by atoms with Crippen molar-refractivity contribution in [2.24, 2.45) is 0 Å². The van der Waals surface area contributed by atoms with Crippen molar-refractivity contribution in [2.45, 2.75) is 38.9 Å². The average molecular weight is 225 g/mol. The summed E-state index contributed by atoms with van der Waals surface area (Å²) in [7, 11) is 0. The van der Waals surface area contributed by atoms with Gasteiger partial charge in [0.15, 0.2) is 0 Å². The van der Waals surface area contributed by atoms with Crippen molar-refractivity contribution in [1.29, 1.82) is 0 Å². The number of halogens is 2. The van der Waals surface area contributed by atoms with Gasteiger partial charge in [-0.1, -0.05) is 6.07 Å². The summed E-state index contributed by atoms with van der Waals surface area (Å²) in [5.74, 6) is -0.418. The van der Waals surface area contributed by atoms with Crippen LogP contribution in [0, 0.1) is 19.7 Å². The SMILES string of the molecule is Cc1cc(C)c(C(F)C2CCCN2)c(F)c1. The van der Waals surface area contributed by atoms with Crippen molar-refractivity contribution in [3.8, 4) is 0 Å². The number of alkyl halides is 1. The molecule has 3 heteroatoms. The predicted molar refractivity (Wildman–Crippen MR) is 60.7 cm³/mol. The molecule has 1 saturated heterocycles. The van der Waals surface area contributed by atoms with Crippen molar-refractivity contribution in [1.82, 2.24) is 5.32 Å². The minimum atomic E-state index is -1.23. The molecular formula is C13H17F2N. The Morgan fingerprint density at radius 1 is 1.38 bits per heavy atom. The van der Waals surface area contributed by atoms with Gasteiger partial charge in [0.1, 0.15) is 12.0 Å². The van der Waals surface area contributed by atoms with Gasteiger partial charge >= 0.3 is 0 Å². The molecule has 1 aliphatic rings. The first kappa shape index (κ1) is 11.5. The zero-order valence-electron chi connectivity index (χ0n) is 9.69. The predicted octanol–water partition coefficient (Wildman–Crippen LogP) is 3.21. The Labute approximate surface area is 94.9 Å². The molecule has 0 radical (unpaired) electrons. The van der Waals surface area contributed by atoms with E-state index in [9.17, 15) is 8.78 Å². The van der Waals surface area contributed by atoms with Crippen LogP contribution in [0.2, 0.25) is 0 Å². The first-order valence-corrected chi connectivity index (χ1v) is 5.73. The van der Waals surface area contributed by atoms with Gasteiger partial charge < -0.3 is 5.32 Å². The average Bonchev–Trinajstić information content (AvgIpc) is 2.67. The van der Waals surface area contributed by atoms with E-state index in [4.69, 9.17) is 0 Å². The summed E-state index contributed by atoms with van der Waals surface area (Å²) in [4.78, 5) is 0. The highest BCUT2D eigenvalue weighted by Crippen LogP contribution is 2.31. The number of benzene rings is 1. The maximum absolute atomic E-state index is 14.2. The molecular weight excluding hydrogens is 208 g/mol. The monoisotopic (exact) mass is 225 g/mol. The molecule has 1 fully saturated rings. The standard InChI is InChI=1S/C13H17F2N/c1-8-6-9(2)12(10(14)7-8)13(15)11-4-3-5-16-11/h6-7,11,13,16H,3-5H2,1-2H3. The second-order valence-corrected chi connectivity index (χ2v) is 4.58. The van der Waals surface area contributed by atoms with E-state index in [2.05, 4.69) is 5.32 Å². The first-order chi connectivity index (χ1) is 7.59. The molecule has 1 N–H and O–H groups in total. The molecule has 0 aromatic heterocycles. The van der Waals surface area contributed by atoms with Crippen LogP contribution >= 0.6 is 0 Å². The van der Waals surface area contributed by atoms with E-state index in [1.54, 1.807) is 6.92 Å². The van der Waals surface area contributed by atoms with Gasteiger partial charge in [0, 0.05) is 11.6 Å². The smallest absolute Gasteiger partial charge is 0.143 e. The highest BCUT2D eigenvalue weighted by molar-refractivity contribution is 5.34. The molecule has 2 atom stereocenters. The number of nitrogens with one attached hydrogen (secondary N) is 1. The molecule has 2 unspecified atom stereocenters. The van der Waals surface area contributed by atoms with Gasteiger partial charge in [-0.3, -0.25) is 0 Å². The lowest BCUT2D eigenvalue weighted by Gasteiger charge is -2.19. The Hall–Kier alpha value is -0.960. The summed E-state index contributed by atoms with van der Waals surface area (Å²) in [6, 6.07) is 3.01. The van der Waals surface area contributed by atoms with Gasteiger partial charge in [0.05, 0.1) is 0 Å². The fraction of sp³-hybridized carbons (Fsp3) is 0.538. The van der Waals surface area contributed by atoms with Crippen molar-refractivity contribution >= 4 is 0 Å². The van der Waals surface area contributed by atoms with Gasteiger partial charge in [-0.2, -0.15) is 0 Å². The topological polar surface area (TPSA) is 12.0 Å². The lowest BCUT2D eigenvalue weighted by molar-refractivity contribution is 0.262. The molecule has 1 aliphatic heterocycles. The van der Waals surface area contributed by atoms with Gasteiger partial charge in [-0.15, -0.1) is 0 Å². The summed E-state index contributed by atoms with van der Waals surface area (Å²) >= 11 is 0. The molecule has 1 aromatic carbocycles. The molecule has 1 aromatic rings. The van der Waals surface area contributed by atoms with E-state index in [-0.39, 0.29) is 11.6 Å². The van der Waals surface area contributed by atoms with E-state index in [1.807, 2.05) is 13.0 Å². The normalized spacial score (nSPS) is 22.4. The third-order valence-corrected chi connectivity index (χ3v) is 3.21. The third-order valence-electron chi connectivity index (χ3n) is 3.21. The Kier molecular flexibility index (Phi) is 3.24. The zero-order valence-corrected chi connectivity index (χ0v) is 9.69. The molecule has 88 valence electrons. The van der Waals surface area contributed by atoms with Crippen LogP contribution in [-0.2, 0) is 0 Å². The van der Waals surface area contributed by atoms with E-state index >= 15 is 0 Å². The Bertz CT molecular complexity index is 361. The second kappa shape index (κ2) is 4.50. The van der Waals surface area contributed by atoms with E-state index in [0.717, 1.165) is 24.9 Å². The number of rotatable bonds is 2. The Morgan fingerprint density at radius 2 is 2.12 bits per heavy atom. The third kappa shape index (κ3) is 2.09. The molecule has 0 saturated carbocycles. The van der Waals surface area contributed by atoms with Crippen LogP contribution in [-0.4, -0.2) is 12.6 Å². The Morgan fingerprint density at radius 3 is 2.69 bits per heavy atom. The molecule has 0 spiro atoms. The van der Waals surface area contributed by atoms with Crippen LogP contribution < -0.4 is 5.32 Å². The molecule has 1 heterocycles. The van der Waals surface area contributed by atoms with Gasteiger partial charge in [0.2, 0.25) is 0 Å². The van der Waals surface area contributed by atoms with Crippen molar-refractivity contribution in [2.75, 3.05) is 6.54 Å². The summed E-state index contributed by atoms with van der Waals surface area (Å²) < 4.78 is 27.9. The summed E-state index contributed by atoms with van der Waals surface area (Å²) in [6.07, 6.45) is 0.522. The van der Waals surface area contributed by atoms with Crippen molar-refractivity contribution in [3.05, 3.63) is 34.6 Å².